The van der Waals surface area contributed by atoms with E-state index in [-0.39, 0.29) is 18.5 Å². The summed E-state index contributed by atoms with van der Waals surface area (Å²) in [7, 11) is -1.53. The van der Waals surface area contributed by atoms with Crippen LogP contribution in [0.4, 0.5) is 11.4 Å². The van der Waals surface area contributed by atoms with E-state index in [1.165, 1.54) is 0 Å². The molecule has 0 radical (unpaired) electrons. The zero-order valence-corrected chi connectivity index (χ0v) is 19.8. The normalized spacial score (nSPS) is 13.5. The molecule has 0 aliphatic carbocycles. The summed E-state index contributed by atoms with van der Waals surface area (Å²) in [5, 5.41) is 0. The molecule has 33 heavy (non-hydrogen) atoms. The van der Waals surface area contributed by atoms with E-state index in [0.717, 1.165) is 48.0 Å². The molecule has 0 saturated carbocycles. The molecule has 0 unspecified atom stereocenters. The van der Waals surface area contributed by atoms with Crippen LogP contribution in [-0.4, -0.2) is 45.6 Å². The van der Waals surface area contributed by atoms with E-state index in [0.29, 0.717) is 5.69 Å². The number of benzene rings is 3. The third-order valence-corrected chi connectivity index (χ3v) is 6.57. The molecule has 1 N–H and O–H groups in total. The molecule has 3 aromatic carbocycles. The molecule has 0 saturated heterocycles. The summed E-state index contributed by atoms with van der Waals surface area (Å²) < 4.78 is 26.2. The predicted molar refractivity (Wildman–Crippen MR) is 133 cm³/mol. The molecule has 6 nitrogen and oxygen atoms in total. The fourth-order valence-corrected chi connectivity index (χ4v) is 5.08. The van der Waals surface area contributed by atoms with E-state index in [1.54, 1.807) is 11.0 Å². The zero-order valence-electron chi connectivity index (χ0n) is 18.9. The van der Waals surface area contributed by atoms with Crippen LogP contribution in [0.3, 0.4) is 0 Å². The van der Waals surface area contributed by atoms with Gasteiger partial charge in [0.25, 0.3) is 0 Å². The van der Waals surface area contributed by atoms with Crippen LogP contribution in [0.1, 0.15) is 29.2 Å². The Morgan fingerprint density at radius 3 is 2.15 bits per heavy atom. The van der Waals surface area contributed by atoms with Crippen molar-refractivity contribution in [2.24, 2.45) is 0 Å². The number of rotatable bonds is 7. The Labute approximate surface area is 195 Å². The molecule has 1 amide bonds. The molecule has 3 aromatic rings. The zero-order chi connectivity index (χ0) is 23.4. The van der Waals surface area contributed by atoms with E-state index >= 15 is 0 Å². The van der Waals surface area contributed by atoms with E-state index < -0.39 is 10.0 Å². The SMILES string of the molecule is CN(C(=O)CN1CCCc2c(NS(C)(=O)=O)cccc21)C(c1ccccc1)c1ccccc1. The van der Waals surface area contributed by atoms with Crippen LogP contribution in [-0.2, 0) is 21.2 Å². The van der Waals surface area contributed by atoms with E-state index in [1.807, 2.05) is 79.8 Å². The fraction of sp³-hybridized carbons (Fsp3) is 0.269. The van der Waals surface area contributed by atoms with Crippen molar-refractivity contribution in [2.75, 3.05) is 36.0 Å². The highest BCUT2D eigenvalue weighted by atomic mass is 32.2. The lowest BCUT2D eigenvalue weighted by molar-refractivity contribution is -0.129. The van der Waals surface area contributed by atoms with Crippen LogP contribution in [0.15, 0.2) is 78.9 Å². The third kappa shape index (κ3) is 5.37. The average Bonchev–Trinajstić information content (AvgIpc) is 2.80. The smallest absolute Gasteiger partial charge is 0.242 e. The Bertz CT molecular complexity index is 1170. The van der Waals surface area contributed by atoms with Gasteiger partial charge < -0.3 is 9.80 Å². The lowest BCUT2D eigenvalue weighted by Crippen LogP contribution is -2.42. The number of carbonyl (C=O) groups excluding carboxylic acids is 1. The summed E-state index contributed by atoms with van der Waals surface area (Å²) in [6.07, 6.45) is 2.78. The van der Waals surface area contributed by atoms with Crippen molar-refractivity contribution in [1.82, 2.24) is 4.90 Å². The Balaban J connectivity index is 1.60. The van der Waals surface area contributed by atoms with Gasteiger partial charge >= 0.3 is 0 Å². The summed E-state index contributed by atoms with van der Waals surface area (Å²) >= 11 is 0. The van der Waals surface area contributed by atoms with Crippen LogP contribution in [0, 0.1) is 0 Å². The monoisotopic (exact) mass is 463 g/mol. The van der Waals surface area contributed by atoms with Gasteiger partial charge in [-0.3, -0.25) is 9.52 Å². The summed E-state index contributed by atoms with van der Waals surface area (Å²) in [5.41, 5.74) is 4.54. The van der Waals surface area contributed by atoms with E-state index in [9.17, 15) is 13.2 Å². The van der Waals surface area contributed by atoms with Crippen molar-refractivity contribution in [3.63, 3.8) is 0 Å². The van der Waals surface area contributed by atoms with Crippen LogP contribution >= 0.6 is 0 Å². The minimum absolute atomic E-state index is 0.00188. The van der Waals surface area contributed by atoms with Gasteiger partial charge in [0.1, 0.15) is 0 Å². The Morgan fingerprint density at radius 1 is 0.970 bits per heavy atom. The summed E-state index contributed by atoms with van der Waals surface area (Å²) in [4.78, 5) is 17.4. The van der Waals surface area contributed by atoms with Gasteiger partial charge in [-0.1, -0.05) is 66.7 Å². The first kappa shape index (κ1) is 22.9. The van der Waals surface area contributed by atoms with Crippen LogP contribution in [0.5, 0.6) is 0 Å². The average molecular weight is 464 g/mol. The van der Waals surface area contributed by atoms with Crippen LogP contribution in [0.2, 0.25) is 0 Å². The number of hydrogen-bond donors (Lipinski definition) is 1. The maximum atomic E-state index is 13.5. The highest BCUT2D eigenvalue weighted by Gasteiger charge is 2.27. The lowest BCUT2D eigenvalue weighted by Gasteiger charge is -2.35. The third-order valence-electron chi connectivity index (χ3n) is 5.98. The topological polar surface area (TPSA) is 69.7 Å². The second kappa shape index (κ2) is 9.67. The Kier molecular flexibility index (Phi) is 6.70. The number of sulfonamides is 1. The highest BCUT2D eigenvalue weighted by molar-refractivity contribution is 7.92. The fourth-order valence-electron chi connectivity index (χ4n) is 4.49. The molecular weight excluding hydrogens is 434 g/mol. The number of hydrogen-bond acceptors (Lipinski definition) is 4. The van der Waals surface area contributed by atoms with Crippen molar-refractivity contribution in [1.29, 1.82) is 0 Å². The number of nitrogens with zero attached hydrogens (tertiary/aromatic N) is 2. The van der Waals surface area contributed by atoms with Crippen molar-refractivity contribution >= 4 is 27.3 Å². The number of carbonyl (C=O) groups is 1. The van der Waals surface area contributed by atoms with Gasteiger partial charge in [-0.2, -0.15) is 0 Å². The summed E-state index contributed by atoms with van der Waals surface area (Å²) in [6, 6.07) is 25.4. The molecule has 172 valence electrons. The minimum atomic E-state index is -3.38. The number of anilines is 2. The molecule has 0 bridgehead atoms. The van der Waals surface area contributed by atoms with Gasteiger partial charge in [-0.25, -0.2) is 8.42 Å². The van der Waals surface area contributed by atoms with Gasteiger partial charge in [0.2, 0.25) is 15.9 Å². The van der Waals surface area contributed by atoms with Crippen molar-refractivity contribution in [3.8, 4) is 0 Å². The molecule has 7 heteroatoms. The van der Waals surface area contributed by atoms with Gasteiger partial charge in [-0.05, 0) is 41.7 Å². The first-order valence-electron chi connectivity index (χ1n) is 11.0. The number of amides is 1. The maximum Gasteiger partial charge on any atom is 0.242 e. The van der Waals surface area contributed by atoms with Crippen LogP contribution < -0.4 is 9.62 Å². The number of nitrogens with one attached hydrogen (secondary N) is 1. The van der Waals surface area contributed by atoms with Gasteiger partial charge in [0.05, 0.1) is 24.5 Å². The summed E-state index contributed by atoms with van der Waals surface area (Å²) in [5.74, 6) is 0.00188. The van der Waals surface area contributed by atoms with Gasteiger partial charge in [0, 0.05) is 19.3 Å². The maximum absolute atomic E-state index is 13.5. The molecule has 0 atom stereocenters. The van der Waals surface area contributed by atoms with Crippen LogP contribution in [0.25, 0.3) is 0 Å². The predicted octanol–water partition coefficient (Wildman–Crippen LogP) is 4.06. The van der Waals surface area contributed by atoms with Crippen molar-refractivity contribution in [2.45, 2.75) is 18.9 Å². The largest absolute Gasteiger partial charge is 0.362 e. The molecular formula is C26H29N3O3S. The second-order valence-electron chi connectivity index (χ2n) is 8.43. The minimum Gasteiger partial charge on any atom is -0.362 e. The molecule has 1 aliphatic heterocycles. The summed E-state index contributed by atoms with van der Waals surface area (Å²) in [6.45, 7) is 0.970. The van der Waals surface area contributed by atoms with Crippen molar-refractivity contribution in [3.05, 3.63) is 95.6 Å². The molecule has 0 aromatic heterocycles. The second-order valence-corrected chi connectivity index (χ2v) is 10.2. The quantitative estimate of drug-likeness (QED) is 0.574. The lowest BCUT2D eigenvalue weighted by atomic mass is 9.97. The molecule has 1 aliphatic rings. The van der Waals surface area contributed by atoms with E-state index in [2.05, 4.69) is 9.62 Å². The Morgan fingerprint density at radius 2 is 1.58 bits per heavy atom. The first-order chi connectivity index (χ1) is 15.8. The van der Waals surface area contributed by atoms with Crippen molar-refractivity contribution < 1.29 is 13.2 Å². The van der Waals surface area contributed by atoms with Gasteiger partial charge in [0.15, 0.2) is 0 Å². The standard InChI is InChI=1S/C26H29N3O3S/c1-28(26(20-11-5-3-6-12-20)21-13-7-4-8-14-21)25(30)19-29-18-10-15-22-23(27-33(2,31)32)16-9-17-24(22)29/h3-9,11-14,16-17,26-27H,10,15,18-19H2,1-2H3. The Hall–Kier alpha value is -3.32. The van der Waals surface area contributed by atoms with Gasteiger partial charge in [-0.15, -0.1) is 0 Å². The number of fused-ring (bicyclic) bond motifs is 1. The number of likely N-dealkylation sites (N-methyl/N-ethyl adjacent to an activating group) is 1. The molecule has 1 heterocycles. The molecule has 0 fully saturated rings. The first-order valence-corrected chi connectivity index (χ1v) is 12.9. The highest BCUT2D eigenvalue weighted by Crippen LogP contribution is 2.34. The molecule has 4 rings (SSSR count). The van der Waals surface area contributed by atoms with E-state index in [4.69, 9.17) is 0 Å². The molecule has 0 spiro atoms.